The molecule has 3 aromatic rings. The van der Waals surface area contributed by atoms with Crippen LogP contribution in [0.4, 0.5) is 0 Å². The Bertz CT molecular complexity index is 865. The molecule has 7 heteroatoms. The van der Waals surface area contributed by atoms with E-state index in [9.17, 15) is 4.79 Å². The quantitative estimate of drug-likeness (QED) is 0.714. The summed E-state index contributed by atoms with van der Waals surface area (Å²) in [6.07, 6.45) is 3.83. The molecule has 4 rings (SSSR count). The second-order valence-electron chi connectivity index (χ2n) is 4.66. The summed E-state index contributed by atoms with van der Waals surface area (Å²) in [5.74, 6) is 1.13. The monoisotopic (exact) mass is 262 g/mol. The molecule has 0 bridgehead atoms. The van der Waals surface area contributed by atoms with E-state index in [-0.39, 0.29) is 5.56 Å². The maximum absolute atomic E-state index is 12.3. The fraction of sp³-hybridized carbons (Fsp3) is 0.364. The van der Waals surface area contributed by atoms with Gasteiger partial charge in [-0.3, -0.25) is 9.36 Å². The van der Waals surface area contributed by atoms with E-state index in [0.29, 0.717) is 34.1 Å². The number of nitrogens with zero attached hydrogens (tertiary/aromatic N) is 3. The first-order chi connectivity index (χ1) is 8.75. The molecule has 1 fully saturated rings. The molecule has 1 aliphatic carbocycles. The first kappa shape index (κ1) is 10.1. The van der Waals surface area contributed by atoms with Crippen molar-refractivity contribution in [3.8, 4) is 0 Å². The summed E-state index contributed by atoms with van der Waals surface area (Å²) in [5.41, 5.74) is 0.866. The third kappa shape index (κ3) is 1.25. The average Bonchev–Trinajstić information content (AvgIpc) is 2.89. The molecular weight excluding hydrogens is 252 g/mol. The Labute approximate surface area is 106 Å². The molecule has 0 radical (unpaired) electrons. The topological polar surface area (TPSA) is 68.2 Å². The Balaban J connectivity index is 2.20. The molecule has 0 spiro atoms. The number of nitrogens with one attached hydrogen (secondary N) is 1. The van der Waals surface area contributed by atoms with Gasteiger partial charge in [0.05, 0.1) is 6.26 Å². The molecule has 1 aliphatic rings. The normalized spacial score (nSPS) is 15.8. The Hall–Kier alpha value is -1.89. The second-order valence-corrected chi connectivity index (χ2v) is 5.04. The molecule has 0 saturated heterocycles. The second kappa shape index (κ2) is 3.32. The van der Waals surface area contributed by atoms with Crippen LogP contribution in [0.1, 0.15) is 12.8 Å². The van der Waals surface area contributed by atoms with Crippen molar-refractivity contribution in [1.82, 2.24) is 19.2 Å². The number of hydrogen-bond donors (Lipinski definition) is 1. The van der Waals surface area contributed by atoms with Gasteiger partial charge in [-0.05, 0) is 31.0 Å². The van der Waals surface area contributed by atoms with Crippen molar-refractivity contribution in [2.75, 3.05) is 0 Å². The highest BCUT2D eigenvalue weighted by molar-refractivity contribution is 7.71. The molecule has 0 atom stereocenters. The van der Waals surface area contributed by atoms with Gasteiger partial charge in [-0.25, -0.2) is 9.50 Å². The molecule has 6 nitrogen and oxygen atoms in total. The van der Waals surface area contributed by atoms with Crippen LogP contribution in [0.3, 0.4) is 0 Å². The first-order valence-corrected chi connectivity index (χ1v) is 6.23. The van der Waals surface area contributed by atoms with Gasteiger partial charge in [0, 0.05) is 12.6 Å². The Kier molecular flexibility index (Phi) is 1.86. The van der Waals surface area contributed by atoms with Crippen molar-refractivity contribution in [3.63, 3.8) is 0 Å². The van der Waals surface area contributed by atoms with Gasteiger partial charge >= 0.3 is 0 Å². The molecule has 0 aliphatic heterocycles. The summed E-state index contributed by atoms with van der Waals surface area (Å²) in [6, 6.07) is 1.73. The average molecular weight is 262 g/mol. The summed E-state index contributed by atoms with van der Waals surface area (Å²) in [6.45, 7) is 0.679. The van der Waals surface area contributed by atoms with Crippen LogP contribution in [-0.4, -0.2) is 19.2 Å². The Morgan fingerprint density at radius 3 is 3.17 bits per heavy atom. The van der Waals surface area contributed by atoms with Gasteiger partial charge in [0.25, 0.3) is 5.56 Å². The van der Waals surface area contributed by atoms with E-state index in [1.165, 1.54) is 19.1 Å². The van der Waals surface area contributed by atoms with E-state index in [4.69, 9.17) is 16.6 Å². The third-order valence-corrected chi connectivity index (χ3v) is 3.63. The first-order valence-electron chi connectivity index (χ1n) is 5.83. The number of H-pyrrole nitrogens is 1. The van der Waals surface area contributed by atoms with Crippen LogP contribution in [0.15, 0.2) is 21.5 Å². The maximum atomic E-state index is 12.3. The van der Waals surface area contributed by atoms with E-state index in [1.807, 2.05) is 0 Å². The number of fused-ring (bicyclic) bond motifs is 3. The van der Waals surface area contributed by atoms with Crippen LogP contribution in [0, 0.1) is 10.7 Å². The molecule has 0 unspecified atom stereocenters. The van der Waals surface area contributed by atoms with Crippen LogP contribution in [0.2, 0.25) is 0 Å². The molecule has 1 saturated carbocycles. The minimum absolute atomic E-state index is 0.136. The van der Waals surface area contributed by atoms with E-state index >= 15 is 0 Å². The minimum atomic E-state index is -0.136. The van der Waals surface area contributed by atoms with Crippen molar-refractivity contribution in [3.05, 3.63) is 27.5 Å². The number of aromatic amines is 1. The predicted molar refractivity (Wildman–Crippen MR) is 67.1 cm³/mol. The Morgan fingerprint density at radius 2 is 2.39 bits per heavy atom. The SMILES string of the molecule is O=c1c2occc2n2c(=S)[nH]nc2n1CC1CC1. The zero-order chi connectivity index (χ0) is 12.3. The zero-order valence-corrected chi connectivity index (χ0v) is 10.2. The Morgan fingerprint density at radius 1 is 1.56 bits per heavy atom. The van der Waals surface area contributed by atoms with Crippen LogP contribution >= 0.6 is 12.2 Å². The molecular formula is C11H10N4O2S. The summed E-state index contributed by atoms with van der Waals surface area (Å²) in [4.78, 5) is 12.3. The molecule has 3 heterocycles. The summed E-state index contributed by atoms with van der Waals surface area (Å²) in [5, 5.41) is 6.89. The van der Waals surface area contributed by atoms with Crippen molar-refractivity contribution in [1.29, 1.82) is 0 Å². The number of furan rings is 1. The van der Waals surface area contributed by atoms with Gasteiger partial charge in [-0.1, -0.05) is 0 Å². The molecule has 92 valence electrons. The maximum Gasteiger partial charge on any atom is 0.298 e. The van der Waals surface area contributed by atoms with Crippen molar-refractivity contribution < 1.29 is 4.42 Å². The van der Waals surface area contributed by atoms with E-state index < -0.39 is 0 Å². The van der Waals surface area contributed by atoms with Crippen LogP contribution in [-0.2, 0) is 6.54 Å². The highest BCUT2D eigenvalue weighted by Crippen LogP contribution is 2.30. The van der Waals surface area contributed by atoms with Crippen LogP contribution in [0.5, 0.6) is 0 Å². The van der Waals surface area contributed by atoms with Gasteiger partial charge < -0.3 is 4.42 Å². The largest absolute Gasteiger partial charge is 0.457 e. The molecule has 0 aromatic carbocycles. The summed E-state index contributed by atoms with van der Waals surface area (Å²) >= 11 is 5.20. The van der Waals surface area contributed by atoms with E-state index in [2.05, 4.69) is 10.2 Å². The van der Waals surface area contributed by atoms with E-state index in [1.54, 1.807) is 15.0 Å². The zero-order valence-electron chi connectivity index (χ0n) is 9.42. The number of aromatic nitrogens is 4. The molecule has 18 heavy (non-hydrogen) atoms. The fourth-order valence-electron chi connectivity index (χ4n) is 2.26. The standard InChI is InChI=1S/C11H10N4O2S/c16-9-8-7(3-4-17-8)15-10(12-13-11(15)18)14(9)5-6-1-2-6/h3-4,6H,1-2,5H2,(H,13,18). The number of hydrogen-bond acceptors (Lipinski definition) is 4. The molecule has 1 N–H and O–H groups in total. The summed E-state index contributed by atoms with van der Waals surface area (Å²) in [7, 11) is 0. The summed E-state index contributed by atoms with van der Waals surface area (Å²) < 4.78 is 9.15. The lowest BCUT2D eigenvalue weighted by Gasteiger charge is -2.06. The molecule has 0 amide bonds. The smallest absolute Gasteiger partial charge is 0.298 e. The van der Waals surface area contributed by atoms with Crippen molar-refractivity contribution in [2.24, 2.45) is 5.92 Å². The third-order valence-electron chi connectivity index (χ3n) is 3.36. The minimum Gasteiger partial charge on any atom is -0.457 e. The van der Waals surface area contributed by atoms with Gasteiger partial charge in [0.2, 0.25) is 16.1 Å². The lowest BCUT2D eigenvalue weighted by molar-refractivity contribution is 0.577. The highest BCUT2D eigenvalue weighted by Gasteiger charge is 2.25. The lowest BCUT2D eigenvalue weighted by atomic mass is 10.4. The predicted octanol–water partition coefficient (Wildman–Crippen LogP) is 1.71. The van der Waals surface area contributed by atoms with E-state index in [0.717, 1.165) is 0 Å². The van der Waals surface area contributed by atoms with Gasteiger partial charge in [0.15, 0.2) is 0 Å². The lowest BCUT2D eigenvalue weighted by Crippen LogP contribution is -2.23. The van der Waals surface area contributed by atoms with Gasteiger partial charge in [-0.15, -0.1) is 5.10 Å². The van der Waals surface area contributed by atoms with Crippen LogP contribution in [0.25, 0.3) is 16.9 Å². The van der Waals surface area contributed by atoms with Crippen LogP contribution < -0.4 is 5.56 Å². The van der Waals surface area contributed by atoms with Gasteiger partial charge in [-0.2, -0.15) is 0 Å². The fourth-order valence-corrected chi connectivity index (χ4v) is 2.49. The molecule has 3 aromatic heterocycles. The number of rotatable bonds is 2. The van der Waals surface area contributed by atoms with Crippen molar-refractivity contribution >= 4 is 29.1 Å². The van der Waals surface area contributed by atoms with Gasteiger partial charge in [0.1, 0.15) is 5.52 Å². The highest BCUT2D eigenvalue weighted by atomic mass is 32.1. The van der Waals surface area contributed by atoms with Crippen molar-refractivity contribution in [2.45, 2.75) is 19.4 Å².